The van der Waals surface area contributed by atoms with E-state index in [0.717, 1.165) is 31.2 Å². The van der Waals surface area contributed by atoms with Crippen LogP contribution in [0.2, 0.25) is 0 Å². The third kappa shape index (κ3) is 1.73. The van der Waals surface area contributed by atoms with Crippen molar-refractivity contribution in [2.75, 3.05) is 0 Å². The van der Waals surface area contributed by atoms with Gasteiger partial charge in [0.25, 0.3) is 0 Å². The minimum absolute atomic E-state index is 0.249. The van der Waals surface area contributed by atoms with E-state index in [2.05, 4.69) is 35.0 Å². The molecule has 0 aliphatic heterocycles. The Balaban J connectivity index is 2.51. The molecule has 0 saturated carbocycles. The van der Waals surface area contributed by atoms with E-state index in [1.54, 1.807) is 0 Å². The van der Waals surface area contributed by atoms with Gasteiger partial charge in [0.05, 0.1) is 6.10 Å². The summed E-state index contributed by atoms with van der Waals surface area (Å²) in [5.41, 5.74) is 3.75. The predicted octanol–water partition coefficient (Wildman–Crippen LogP) is 3.38. The molecule has 2 heteroatoms. The summed E-state index contributed by atoms with van der Waals surface area (Å²) in [6.45, 7) is 2.14. The third-order valence-corrected chi connectivity index (χ3v) is 3.67. The van der Waals surface area contributed by atoms with Crippen molar-refractivity contribution >= 4 is 15.9 Å². The van der Waals surface area contributed by atoms with Crippen molar-refractivity contribution in [3.05, 3.63) is 33.3 Å². The molecule has 76 valence electrons. The van der Waals surface area contributed by atoms with Gasteiger partial charge in [-0.15, -0.1) is 0 Å². The quantitative estimate of drug-likeness (QED) is 0.815. The zero-order valence-corrected chi connectivity index (χ0v) is 9.97. The number of hydrogen-bond donors (Lipinski definition) is 1. The lowest BCUT2D eigenvalue weighted by molar-refractivity contribution is 0.156. The van der Waals surface area contributed by atoms with Crippen LogP contribution in [0.15, 0.2) is 16.6 Å². The van der Waals surface area contributed by atoms with Gasteiger partial charge in [0.15, 0.2) is 0 Å². The van der Waals surface area contributed by atoms with Crippen molar-refractivity contribution in [3.63, 3.8) is 0 Å². The molecule has 14 heavy (non-hydrogen) atoms. The largest absolute Gasteiger partial charge is 0.388 e. The molecule has 0 amide bonds. The first-order valence-electron chi connectivity index (χ1n) is 5.21. The fourth-order valence-corrected chi connectivity index (χ4v) is 2.83. The average Bonchev–Trinajstić information content (AvgIpc) is 2.19. The van der Waals surface area contributed by atoms with E-state index in [9.17, 15) is 5.11 Å². The fraction of sp³-hybridized carbons (Fsp3) is 0.500. The fourth-order valence-electron chi connectivity index (χ4n) is 2.11. The van der Waals surface area contributed by atoms with Gasteiger partial charge in [-0.3, -0.25) is 0 Å². The van der Waals surface area contributed by atoms with Gasteiger partial charge in [-0.1, -0.05) is 28.9 Å². The molecule has 0 radical (unpaired) electrons. The number of aliphatic hydroxyl groups excluding tert-OH is 1. The first-order chi connectivity index (χ1) is 6.72. The summed E-state index contributed by atoms with van der Waals surface area (Å²) >= 11 is 3.59. The van der Waals surface area contributed by atoms with Crippen LogP contribution in [-0.4, -0.2) is 5.11 Å². The Labute approximate surface area is 93.3 Å². The molecule has 2 rings (SSSR count). The van der Waals surface area contributed by atoms with Gasteiger partial charge in [0.1, 0.15) is 0 Å². The SMILES string of the molecule is CCc1cc(Br)c2c(c1)C(O)CCC2. The molecule has 1 nitrogen and oxygen atoms in total. The lowest BCUT2D eigenvalue weighted by Crippen LogP contribution is -2.10. The van der Waals surface area contributed by atoms with Crippen LogP contribution in [-0.2, 0) is 12.8 Å². The zero-order valence-electron chi connectivity index (χ0n) is 8.39. The summed E-state index contributed by atoms with van der Waals surface area (Å²) < 4.78 is 1.17. The molecule has 0 heterocycles. The molecule has 0 spiro atoms. The van der Waals surface area contributed by atoms with E-state index in [0.29, 0.717) is 0 Å². The average molecular weight is 255 g/mol. The van der Waals surface area contributed by atoms with Crippen LogP contribution in [0.25, 0.3) is 0 Å². The summed E-state index contributed by atoms with van der Waals surface area (Å²) in [6, 6.07) is 4.33. The van der Waals surface area contributed by atoms with Crippen molar-refractivity contribution < 1.29 is 5.11 Å². The van der Waals surface area contributed by atoms with Gasteiger partial charge in [0, 0.05) is 4.47 Å². The molecule has 0 fully saturated rings. The predicted molar refractivity (Wildman–Crippen MR) is 61.4 cm³/mol. The highest BCUT2D eigenvalue weighted by atomic mass is 79.9. The number of benzene rings is 1. The number of aliphatic hydroxyl groups is 1. The molecule has 0 saturated heterocycles. The van der Waals surface area contributed by atoms with Crippen molar-refractivity contribution in [3.8, 4) is 0 Å². The number of rotatable bonds is 1. The van der Waals surface area contributed by atoms with Crippen LogP contribution >= 0.6 is 15.9 Å². The maximum Gasteiger partial charge on any atom is 0.0793 e. The minimum atomic E-state index is -0.249. The molecule has 0 aromatic heterocycles. The van der Waals surface area contributed by atoms with E-state index in [1.807, 2.05) is 0 Å². The Morgan fingerprint density at radius 2 is 2.29 bits per heavy atom. The maximum absolute atomic E-state index is 9.88. The molecular weight excluding hydrogens is 240 g/mol. The summed E-state index contributed by atoms with van der Waals surface area (Å²) in [5, 5.41) is 9.88. The van der Waals surface area contributed by atoms with Gasteiger partial charge in [0.2, 0.25) is 0 Å². The van der Waals surface area contributed by atoms with E-state index in [-0.39, 0.29) is 6.10 Å². The second-order valence-corrected chi connectivity index (χ2v) is 4.76. The summed E-state index contributed by atoms with van der Waals surface area (Å²) in [6.07, 6.45) is 3.88. The van der Waals surface area contributed by atoms with Crippen molar-refractivity contribution in [2.24, 2.45) is 0 Å². The Hall–Kier alpha value is -0.340. The van der Waals surface area contributed by atoms with Crippen LogP contribution in [0, 0.1) is 0 Å². The molecule has 1 aromatic carbocycles. The number of hydrogen-bond acceptors (Lipinski definition) is 1. The maximum atomic E-state index is 9.88. The first-order valence-corrected chi connectivity index (χ1v) is 6.01. The Morgan fingerprint density at radius 3 is 3.00 bits per heavy atom. The number of fused-ring (bicyclic) bond motifs is 1. The van der Waals surface area contributed by atoms with Crippen LogP contribution in [0.3, 0.4) is 0 Å². The Bertz CT molecular complexity index is 346. The highest BCUT2D eigenvalue weighted by Crippen LogP contribution is 2.35. The smallest absolute Gasteiger partial charge is 0.0793 e. The van der Waals surface area contributed by atoms with Crippen molar-refractivity contribution in [1.29, 1.82) is 0 Å². The van der Waals surface area contributed by atoms with Crippen LogP contribution in [0.4, 0.5) is 0 Å². The normalized spacial score (nSPS) is 20.6. The third-order valence-electron chi connectivity index (χ3n) is 2.96. The lowest BCUT2D eigenvalue weighted by atomic mass is 9.88. The highest BCUT2D eigenvalue weighted by Gasteiger charge is 2.20. The van der Waals surface area contributed by atoms with Gasteiger partial charge in [-0.25, -0.2) is 0 Å². The summed E-state index contributed by atoms with van der Waals surface area (Å²) in [7, 11) is 0. The monoisotopic (exact) mass is 254 g/mol. The molecule has 1 atom stereocenters. The van der Waals surface area contributed by atoms with Crippen LogP contribution in [0.1, 0.15) is 42.6 Å². The Morgan fingerprint density at radius 1 is 1.50 bits per heavy atom. The summed E-state index contributed by atoms with van der Waals surface area (Å²) in [4.78, 5) is 0. The van der Waals surface area contributed by atoms with E-state index < -0.39 is 0 Å². The van der Waals surface area contributed by atoms with Gasteiger partial charge in [-0.05, 0) is 48.4 Å². The summed E-state index contributed by atoms with van der Waals surface area (Å²) in [5.74, 6) is 0. The van der Waals surface area contributed by atoms with Crippen LogP contribution in [0.5, 0.6) is 0 Å². The zero-order chi connectivity index (χ0) is 10.1. The molecule has 0 bridgehead atoms. The molecule has 1 unspecified atom stereocenters. The van der Waals surface area contributed by atoms with Gasteiger partial charge >= 0.3 is 0 Å². The second-order valence-electron chi connectivity index (χ2n) is 3.91. The standard InChI is InChI=1S/C12H15BrO/c1-2-8-6-10-9(11(13)7-8)4-3-5-12(10)14/h6-7,12,14H,2-5H2,1H3. The van der Waals surface area contributed by atoms with Crippen LogP contribution < -0.4 is 0 Å². The Kier molecular flexibility index (Phi) is 2.93. The minimum Gasteiger partial charge on any atom is -0.388 e. The highest BCUT2D eigenvalue weighted by molar-refractivity contribution is 9.10. The van der Waals surface area contributed by atoms with Crippen molar-refractivity contribution in [2.45, 2.75) is 38.7 Å². The van der Waals surface area contributed by atoms with Gasteiger partial charge in [-0.2, -0.15) is 0 Å². The number of aryl methyl sites for hydroxylation is 1. The molecular formula is C12H15BrO. The topological polar surface area (TPSA) is 20.2 Å². The first kappa shape index (κ1) is 10.2. The molecule has 1 aliphatic carbocycles. The van der Waals surface area contributed by atoms with E-state index in [4.69, 9.17) is 0 Å². The van der Waals surface area contributed by atoms with Crippen molar-refractivity contribution in [1.82, 2.24) is 0 Å². The number of halogens is 1. The molecule has 1 N–H and O–H groups in total. The second kappa shape index (κ2) is 4.03. The van der Waals surface area contributed by atoms with E-state index in [1.165, 1.54) is 15.6 Å². The van der Waals surface area contributed by atoms with Gasteiger partial charge < -0.3 is 5.11 Å². The molecule has 1 aromatic rings. The van der Waals surface area contributed by atoms with E-state index >= 15 is 0 Å². The molecule has 1 aliphatic rings. The lowest BCUT2D eigenvalue weighted by Gasteiger charge is -2.23.